The van der Waals surface area contributed by atoms with Crippen molar-refractivity contribution < 1.29 is 4.74 Å². The lowest BCUT2D eigenvalue weighted by Gasteiger charge is -2.26. The van der Waals surface area contributed by atoms with Gasteiger partial charge in [-0.05, 0) is 48.2 Å². The second-order valence-corrected chi connectivity index (χ2v) is 8.26. The lowest BCUT2D eigenvalue weighted by atomic mass is 10.00. The first-order valence-corrected chi connectivity index (χ1v) is 11.3. The van der Waals surface area contributed by atoms with Crippen molar-refractivity contribution in [2.24, 2.45) is 0 Å². The molecular weight excluding hydrogens is 364 g/mol. The summed E-state index contributed by atoms with van der Waals surface area (Å²) >= 11 is 2.01. The number of aromatic amines is 1. The molecule has 1 aromatic heterocycles. The number of nitrogens with one attached hydrogen (secondary N) is 1. The first kappa shape index (κ1) is 19.2. The van der Waals surface area contributed by atoms with Gasteiger partial charge in [0.2, 0.25) is 0 Å². The van der Waals surface area contributed by atoms with Crippen LogP contribution >= 0.6 is 11.8 Å². The van der Waals surface area contributed by atoms with Gasteiger partial charge >= 0.3 is 0 Å². The van der Waals surface area contributed by atoms with Crippen LogP contribution in [0, 0.1) is 0 Å². The van der Waals surface area contributed by atoms with E-state index in [0.717, 1.165) is 43.3 Å². The van der Waals surface area contributed by atoms with Crippen LogP contribution in [0.1, 0.15) is 24.5 Å². The first-order chi connectivity index (χ1) is 13.8. The molecule has 0 bridgehead atoms. The van der Waals surface area contributed by atoms with Crippen LogP contribution in [0.15, 0.2) is 60.8 Å². The molecule has 1 aliphatic rings. The maximum absolute atomic E-state index is 5.65. The topological polar surface area (TPSA) is 28.3 Å². The van der Waals surface area contributed by atoms with E-state index in [0.29, 0.717) is 6.61 Å². The summed E-state index contributed by atoms with van der Waals surface area (Å²) in [5.74, 6) is 3.15. The lowest BCUT2D eigenvalue weighted by molar-refractivity contribution is 0.321. The summed E-state index contributed by atoms with van der Waals surface area (Å²) in [6.45, 7) is 6.10. The molecule has 2 heterocycles. The lowest BCUT2D eigenvalue weighted by Crippen LogP contribution is -2.30. The number of hydrogen-bond donors (Lipinski definition) is 1. The number of fused-ring (bicyclic) bond motifs is 1. The summed E-state index contributed by atoms with van der Waals surface area (Å²) < 4.78 is 5.65. The Morgan fingerprint density at radius 1 is 1.14 bits per heavy atom. The van der Waals surface area contributed by atoms with Crippen LogP contribution < -0.4 is 4.74 Å². The highest BCUT2D eigenvalue weighted by Gasteiger charge is 2.12. The third-order valence-electron chi connectivity index (χ3n) is 5.30. The van der Waals surface area contributed by atoms with E-state index in [-0.39, 0.29) is 0 Å². The highest BCUT2D eigenvalue weighted by molar-refractivity contribution is 7.98. The van der Waals surface area contributed by atoms with Crippen molar-refractivity contribution >= 4 is 28.2 Å². The van der Waals surface area contributed by atoms with Gasteiger partial charge in [0.05, 0.1) is 6.61 Å². The van der Waals surface area contributed by atoms with E-state index in [1.165, 1.54) is 27.6 Å². The highest BCUT2D eigenvalue weighted by atomic mass is 32.2. The molecule has 0 fully saturated rings. The van der Waals surface area contributed by atoms with Crippen LogP contribution in [0.5, 0.6) is 5.75 Å². The third-order valence-corrected chi connectivity index (χ3v) is 6.28. The molecule has 28 heavy (non-hydrogen) atoms. The number of benzene rings is 2. The second kappa shape index (κ2) is 9.35. The number of ether oxygens (including phenoxy) is 1. The largest absolute Gasteiger partial charge is 0.494 e. The predicted molar refractivity (Wildman–Crippen MR) is 121 cm³/mol. The fourth-order valence-electron chi connectivity index (χ4n) is 3.74. The summed E-state index contributed by atoms with van der Waals surface area (Å²) in [5, 5.41) is 1.28. The molecule has 0 spiro atoms. The molecule has 146 valence electrons. The average Bonchev–Trinajstić information content (AvgIpc) is 3.15. The second-order valence-electron chi connectivity index (χ2n) is 7.15. The minimum absolute atomic E-state index is 0.705. The van der Waals surface area contributed by atoms with Crippen molar-refractivity contribution in [3.05, 3.63) is 71.9 Å². The van der Waals surface area contributed by atoms with Crippen molar-refractivity contribution in [3.63, 3.8) is 0 Å². The first-order valence-electron chi connectivity index (χ1n) is 10.1. The summed E-state index contributed by atoms with van der Waals surface area (Å²) in [5.41, 5.74) is 5.43. The summed E-state index contributed by atoms with van der Waals surface area (Å²) in [6.07, 6.45) is 5.69. The number of hydrogen-bond acceptors (Lipinski definition) is 3. The molecule has 0 radical (unpaired) electrons. The van der Waals surface area contributed by atoms with E-state index in [1.54, 1.807) is 0 Å². The monoisotopic (exact) mass is 392 g/mol. The average molecular weight is 393 g/mol. The molecule has 3 aromatic rings. The molecule has 0 saturated carbocycles. The van der Waals surface area contributed by atoms with Crippen LogP contribution in [0.2, 0.25) is 0 Å². The Bertz CT molecular complexity index is 932. The SMILES string of the molecule is CCOc1ccc2[nH]cc(CSCCN3CC=C(c4ccccc4)CC3)c2c1. The van der Waals surface area contributed by atoms with Crippen molar-refractivity contribution in [2.45, 2.75) is 19.1 Å². The number of nitrogens with zero attached hydrogens (tertiary/aromatic N) is 1. The molecule has 0 aliphatic carbocycles. The van der Waals surface area contributed by atoms with Crippen LogP contribution in [0.25, 0.3) is 16.5 Å². The number of aromatic nitrogens is 1. The van der Waals surface area contributed by atoms with E-state index in [4.69, 9.17) is 4.74 Å². The molecule has 2 aromatic carbocycles. The van der Waals surface area contributed by atoms with Gasteiger partial charge in [-0.15, -0.1) is 0 Å². The molecule has 4 rings (SSSR count). The zero-order valence-electron chi connectivity index (χ0n) is 16.5. The van der Waals surface area contributed by atoms with Crippen LogP contribution in [-0.4, -0.2) is 41.9 Å². The van der Waals surface area contributed by atoms with E-state index in [9.17, 15) is 0 Å². The molecule has 3 nitrogen and oxygen atoms in total. The maximum atomic E-state index is 5.65. The van der Waals surface area contributed by atoms with E-state index in [2.05, 4.69) is 64.6 Å². The zero-order chi connectivity index (χ0) is 19.2. The van der Waals surface area contributed by atoms with Crippen LogP contribution in [0.4, 0.5) is 0 Å². The molecule has 4 heteroatoms. The summed E-state index contributed by atoms with van der Waals surface area (Å²) in [7, 11) is 0. The van der Waals surface area contributed by atoms with Crippen molar-refractivity contribution in [1.82, 2.24) is 9.88 Å². The molecule has 0 saturated heterocycles. The number of H-pyrrole nitrogens is 1. The van der Waals surface area contributed by atoms with Crippen molar-refractivity contribution in [1.29, 1.82) is 0 Å². The Balaban J connectivity index is 1.26. The minimum atomic E-state index is 0.705. The Labute approximate surface area is 171 Å². The van der Waals surface area contributed by atoms with Crippen molar-refractivity contribution in [2.75, 3.05) is 32.0 Å². The normalized spacial score (nSPS) is 15.0. The zero-order valence-corrected chi connectivity index (χ0v) is 17.3. The maximum Gasteiger partial charge on any atom is 0.120 e. The quantitative estimate of drug-likeness (QED) is 0.507. The fourth-order valence-corrected chi connectivity index (χ4v) is 4.73. The standard InChI is InChI=1S/C24H28N2OS/c1-2-27-22-8-9-24-23(16-22)21(17-25-24)18-28-15-14-26-12-10-20(11-13-26)19-6-4-3-5-7-19/h3-10,16-17,25H,2,11-15,18H2,1H3. The number of rotatable bonds is 8. The van der Waals surface area contributed by atoms with Gasteiger partial charge in [-0.3, -0.25) is 4.90 Å². The molecule has 1 aliphatic heterocycles. The van der Waals surface area contributed by atoms with Gasteiger partial charge in [0.1, 0.15) is 5.75 Å². The Hall–Kier alpha value is -2.17. The minimum Gasteiger partial charge on any atom is -0.494 e. The van der Waals surface area contributed by atoms with E-state index >= 15 is 0 Å². The molecule has 1 N–H and O–H groups in total. The Morgan fingerprint density at radius 3 is 2.82 bits per heavy atom. The Morgan fingerprint density at radius 2 is 2.04 bits per heavy atom. The smallest absolute Gasteiger partial charge is 0.120 e. The van der Waals surface area contributed by atoms with E-state index in [1.807, 2.05) is 24.8 Å². The fraction of sp³-hybridized carbons (Fsp3) is 0.333. The van der Waals surface area contributed by atoms with Gasteiger partial charge in [-0.1, -0.05) is 36.4 Å². The third kappa shape index (κ3) is 4.62. The number of thioether (sulfide) groups is 1. The van der Waals surface area contributed by atoms with Gasteiger partial charge in [-0.25, -0.2) is 0 Å². The van der Waals surface area contributed by atoms with Gasteiger partial charge in [0.15, 0.2) is 0 Å². The molecular formula is C24H28N2OS. The van der Waals surface area contributed by atoms with Gasteiger partial charge < -0.3 is 9.72 Å². The summed E-state index contributed by atoms with van der Waals surface area (Å²) in [6, 6.07) is 17.1. The summed E-state index contributed by atoms with van der Waals surface area (Å²) in [4.78, 5) is 5.94. The Kier molecular flexibility index (Phi) is 6.40. The van der Waals surface area contributed by atoms with Gasteiger partial charge in [-0.2, -0.15) is 11.8 Å². The van der Waals surface area contributed by atoms with E-state index < -0.39 is 0 Å². The molecule has 0 atom stereocenters. The highest BCUT2D eigenvalue weighted by Crippen LogP contribution is 2.27. The van der Waals surface area contributed by atoms with Gasteiger partial charge in [0.25, 0.3) is 0 Å². The molecule has 0 amide bonds. The molecule has 0 unspecified atom stereocenters. The van der Waals surface area contributed by atoms with Crippen LogP contribution in [0.3, 0.4) is 0 Å². The van der Waals surface area contributed by atoms with Crippen molar-refractivity contribution in [3.8, 4) is 5.75 Å². The van der Waals surface area contributed by atoms with Gasteiger partial charge in [0, 0.05) is 48.2 Å². The predicted octanol–water partition coefficient (Wildman–Crippen LogP) is 5.59. The van der Waals surface area contributed by atoms with Crippen LogP contribution in [-0.2, 0) is 5.75 Å².